The maximum absolute atomic E-state index is 16.9. The standard InChI is InChI=1S/C22H27F3O4S.C22H29F2NO4.C22H28F2O4S.C21H26F2O5.CH5N.CH4S/c1-11-6-13-14-8-16(24)15-7-12(26)4-5-19(15,2)21(14,25)17(27)9-20(13,3)22(11,29)18(28)30-10-23;1-11-7-13-14-9-16(23)15-8-12(26)5-6-19(15,2)21(14,24)17(27)10-20(13,3)22(11,29)18(28)25-4;1-11-7-13-14-9-16(23)15-8-12(25)5-6-19(15,2)21(14,24)17(26)10-20(13,3)22(11,28)18(27)29-4;1-10-6-12-13-8-15(22)14-7-11(24)4-5-18(14,2)20(13,23)16(25)9-19(12,3)21(10,28)17(26)27;2*1-2/h4-5,7,11,13-14,16-17,27,29H,6,8-10H2,1-3H3;5-6,8,11,13-14,16-17,27,29H,7,9-10H2,1-4H3,(H,25,28);5-6,8,11,13-14,16-17,26,28H,7,9-10H2,1-4H3;4-5,7,10,12-13,15-16,25,28H,6,8-9H2,1-3H3,(H,26,27);2H2,1H3;2H,1H3/t3*11-,13+,14+,16+,17+,19+,20+,21+,22+;10-,12+,13+,15+,16+,18+,19+,20+,21+;;/m1111../s1. The van der Waals surface area contributed by atoms with E-state index in [0.29, 0.717) is 24.6 Å². The van der Waals surface area contributed by atoms with E-state index in [9.17, 15) is 88.7 Å². The fraction of sp³-hybridized carbons (Fsp3) is 0.730. The molecule has 120 heavy (non-hydrogen) atoms. The summed E-state index contributed by atoms with van der Waals surface area (Å²) >= 11 is 4.83. The van der Waals surface area contributed by atoms with Gasteiger partial charge in [-0.25, -0.2) is 44.3 Å². The SMILES string of the molecule is CN.CNC(=O)[C@@]1(O)[C@H](C)C[C@H]2[C@@H]3C[C@H](F)C4=CC(=O)C=C[C@]4(C)[C@@]3(F)[C@@H](O)C[C@@]21C.CS.CSC(=O)[C@@]1(O)[C@H](C)C[C@H]2[C@@H]3C[C@H](F)C4=CC(=O)C=C[C@]4(C)[C@@]3(F)[C@@H](O)C[C@@]21C.C[C@@H]1C[C@H]2[C@@H]3C[C@H](F)C4=CC(=O)C=C[C@]4(C)[C@@]3(F)[C@@H](O)C[C@]2(C)[C@@]1(O)C(=O)O.C[C@@H]1C[C@H]2[C@@H]3C[C@H](F)C4=CC(=O)C=C[C@]4(C)[C@@]3(F)[C@@H](O)C[C@]2(C)[C@@]1(O)C(=O)SCF. The van der Waals surface area contributed by atoms with Gasteiger partial charge in [0.05, 0.1) is 24.4 Å². The zero-order chi connectivity index (χ0) is 90.3. The van der Waals surface area contributed by atoms with E-state index in [0.717, 1.165) is 36.1 Å². The molecule has 12 N–H and O–H groups in total. The number of alkyl halides is 9. The lowest BCUT2D eigenvalue weighted by molar-refractivity contribution is -0.229. The number of hydrogen-bond acceptors (Lipinski definition) is 20. The van der Waals surface area contributed by atoms with Crippen LogP contribution in [0.5, 0.6) is 0 Å². The Morgan fingerprint density at radius 2 is 0.650 bits per heavy atom. The summed E-state index contributed by atoms with van der Waals surface area (Å²) in [5.41, 5.74) is -22.3. The van der Waals surface area contributed by atoms with Crippen LogP contribution >= 0.6 is 36.2 Å². The van der Waals surface area contributed by atoms with Gasteiger partial charge in [-0.05, 0) is 243 Å². The van der Waals surface area contributed by atoms with Crippen molar-refractivity contribution in [3.05, 3.63) is 95.2 Å². The van der Waals surface area contributed by atoms with Gasteiger partial charge in [0.25, 0.3) is 5.91 Å². The third-order valence-corrected chi connectivity index (χ3v) is 36.1. The van der Waals surface area contributed by atoms with Crippen LogP contribution in [0.2, 0.25) is 0 Å². The number of aliphatic hydroxyl groups is 8. The molecule has 0 aromatic carbocycles. The van der Waals surface area contributed by atoms with Crippen molar-refractivity contribution >= 4 is 81.4 Å². The topological polar surface area (TPSA) is 357 Å². The van der Waals surface area contributed by atoms with Gasteiger partial charge < -0.3 is 57.0 Å². The number of rotatable bonds is 5. The molecule has 16 aliphatic rings. The number of halogens is 9. The van der Waals surface area contributed by atoms with E-state index in [1.807, 2.05) is 0 Å². The number of amides is 1. The summed E-state index contributed by atoms with van der Waals surface area (Å²) in [5.74, 6) is -11.6. The molecule has 0 bridgehead atoms. The molecule has 0 aromatic heterocycles. The van der Waals surface area contributed by atoms with Crippen LogP contribution in [0.4, 0.5) is 39.5 Å². The van der Waals surface area contributed by atoms with E-state index in [1.165, 1.54) is 83.5 Å². The second-order valence-electron chi connectivity index (χ2n) is 39.0. The van der Waals surface area contributed by atoms with Gasteiger partial charge in [-0.3, -0.25) is 33.6 Å². The van der Waals surface area contributed by atoms with Crippen LogP contribution in [-0.4, -0.2) is 218 Å². The van der Waals surface area contributed by atoms with Crippen LogP contribution in [0, 0.1) is 114 Å². The maximum atomic E-state index is 16.9. The van der Waals surface area contributed by atoms with Crippen LogP contribution in [0.25, 0.3) is 0 Å². The number of fused-ring (bicyclic) bond motifs is 20. The predicted molar refractivity (Wildman–Crippen MR) is 436 cm³/mol. The quantitative estimate of drug-likeness (QED) is 0.0898. The van der Waals surface area contributed by atoms with Crippen LogP contribution in [0.15, 0.2) is 95.2 Å². The first kappa shape index (κ1) is 95.6. The highest BCUT2D eigenvalue weighted by molar-refractivity contribution is 8.13. The molecule has 0 radical (unpaired) electrons. The Kier molecular flexibility index (Phi) is 25.1. The van der Waals surface area contributed by atoms with Crippen molar-refractivity contribution in [3.63, 3.8) is 0 Å². The van der Waals surface area contributed by atoms with Crippen LogP contribution in [-0.2, 0) is 38.4 Å². The number of carboxylic acid groups (broad SMARTS) is 1. The second-order valence-corrected chi connectivity index (χ2v) is 40.6. The number of nitrogens with two attached hydrogens (primary N) is 1. The van der Waals surface area contributed by atoms with E-state index >= 15 is 35.1 Å². The Morgan fingerprint density at radius 3 is 0.883 bits per heavy atom. The molecule has 0 unspecified atom stereocenters. The number of aliphatic hydroxyl groups excluding tert-OH is 4. The lowest BCUT2D eigenvalue weighted by Gasteiger charge is -2.63. The molecule has 12 fully saturated rings. The number of carbonyl (C=O) groups excluding carboxylic acids is 7. The van der Waals surface area contributed by atoms with Gasteiger partial charge in [-0.15, -0.1) is 0 Å². The summed E-state index contributed by atoms with van der Waals surface area (Å²) in [7, 11) is 2.93. The Bertz CT molecular complexity index is 4340. The summed E-state index contributed by atoms with van der Waals surface area (Å²) in [4.78, 5) is 97.4. The fourth-order valence-corrected chi connectivity index (χ4v) is 30.0. The number of allylic oxidation sites excluding steroid dienone is 16. The number of likely N-dealkylation sites (N-methyl/N-ethyl adjacent to an activating group) is 1. The molecule has 0 saturated heterocycles. The van der Waals surface area contributed by atoms with E-state index in [4.69, 9.17) is 0 Å². The molecule has 0 aliphatic heterocycles. The van der Waals surface area contributed by atoms with Crippen LogP contribution in [0.3, 0.4) is 0 Å². The number of carbonyl (C=O) groups is 8. The first-order chi connectivity index (χ1) is 55.5. The summed E-state index contributed by atoms with van der Waals surface area (Å²) in [6.45, 7) is 19.5. The van der Waals surface area contributed by atoms with Crippen LogP contribution in [0.1, 0.15) is 160 Å². The summed E-state index contributed by atoms with van der Waals surface area (Å²) in [6, 6.07) is -0.995. The second kappa shape index (κ2) is 31.5. The maximum Gasteiger partial charge on any atom is 0.336 e. The molecule has 31 heteroatoms. The summed E-state index contributed by atoms with van der Waals surface area (Å²) in [6.07, 6.45) is 5.48. The molecule has 19 nitrogen and oxygen atoms in total. The highest BCUT2D eigenvalue weighted by atomic mass is 32.2. The number of nitrogens with one attached hydrogen (secondary N) is 1. The van der Waals surface area contributed by atoms with E-state index in [2.05, 4.69) is 23.7 Å². The van der Waals surface area contributed by atoms with Gasteiger partial charge in [0.1, 0.15) is 41.9 Å². The molecule has 668 valence electrons. The molecule has 0 spiro atoms. The van der Waals surface area contributed by atoms with Gasteiger partial charge in [0.15, 0.2) is 57.0 Å². The fourth-order valence-electron chi connectivity index (χ4n) is 28.5. The molecule has 16 rings (SSSR count). The minimum atomic E-state index is -2.26. The van der Waals surface area contributed by atoms with E-state index < -0.39 is 248 Å². The minimum Gasteiger partial charge on any atom is -0.479 e. The molecule has 1 amide bonds. The molecular formula is C89H119F9N2O17S3. The number of ketones is 4. The van der Waals surface area contributed by atoms with Crippen molar-refractivity contribution in [1.29, 1.82) is 0 Å². The number of thioether (sulfide) groups is 2. The Labute approximate surface area is 708 Å². The van der Waals surface area contributed by atoms with Crippen LogP contribution < -0.4 is 11.1 Å². The third-order valence-electron chi connectivity index (χ3n) is 34.7. The smallest absolute Gasteiger partial charge is 0.336 e. The Hall–Kier alpha value is -5.06. The average Bonchev–Trinajstić information content (AvgIpc) is 1.42. The largest absolute Gasteiger partial charge is 0.479 e. The van der Waals surface area contributed by atoms with Gasteiger partial charge in [0, 0.05) is 74.0 Å². The molecule has 36 atom stereocenters. The van der Waals surface area contributed by atoms with Gasteiger partial charge in [0.2, 0.25) is 10.2 Å². The van der Waals surface area contributed by atoms with Crippen molar-refractivity contribution < 1.29 is 124 Å². The van der Waals surface area contributed by atoms with Crippen molar-refractivity contribution in [2.24, 2.45) is 120 Å². The van der Waals surface area contributed by atoms with E-state index in [1.54, 1.807) is 74.8 Å². The molecule has 0 aromatic rings. The van der Waals surface area contributed by atoms with Gasteiger partial charge in [-0.1, -0.05) is 103 Å². The van der Waals surface area contributed by atoms with Crippen molar-refractivity contribution in [1.82, 2.24) is 5.32 Å². The van der Waals surface area contributed by atoms with Gasteiger partial charge >= 0.3 is 5.97 Å². The van der Waals surface area contributed by atoms with Crippen molar-refractivity contribution in [2.75, 3.05) is 32.6 Å². The number of aliphatic carboxylic acids is 1. The van der Waals surface area contributed by atoms with Crippen molar-refractivity contribution in [2.45, 2.75) is 254 Å². The first-order valence-electron chi connectivity index (χ1n) is 41.5. The normalized spacial score (nSPS) is 52.0. The van der Waals surface area contributed by atoms with Gasteiger partial charge in [-0.2, -0.15) is 12.6 Å². The lowest BCUT2D eigenvalue weighted by Crippen LogP contribution is -2.71. The summed E-state index contributed by atoms with van der Waals surface area (Å²) in [5, 5.41) is 101. The van der Waals surface area contributed by atoms with E-state index in [-0.39, 0.29) is 98.1 Å². The number of carboxylic acids is 1. The highest BCUT2D eigenvalue weighted by Crippen LogP contribution is 2.77. The molecule has 0 heterocycles. The summed E-state index contributed by atoms with van der Waals surface area (Å²) < 4.78 is 141. The lowest BCUT2D eigenvalue weighted by atomic mass is 9.44. The molecular weight excluding hydrogens is 1640 g/mol. The number of hydrogen-bond donors (Lipinski definition) is 12. The third kappa shape index (κ3) is 12.1. The monoisotopic (exact) mass is 1750 g/mol. The Morgan fingerprint density at radius 1 is 0.425 bits per heavy atom. The average molecular weight is 1760 g/mol. The zero-order valence-electron chi connectivity index (χ0n) is 70.7. The highest BCUT2D eigenvalue weighted by Gasteiger charge is 2.82. The predicted octanol–water partition coefficient (Wildman–Crippen LogP) is 11.2. The van der Waals surface area contributed by atoms with Crippen molar-refractivity contribution in [3.8, 4) is 0 Å². The zero-order valence-corrected chi connectivity index (χ0v) is 73.2. The first-order valence-corrected chi connectivity index (χ1v) is 44.6. The Balaban J connectivity index is 0.000000154. The molecule has 12 saturated carbocycles. The number of thiol groups is 1. The minimum absolute atomic E-state index is 0.0287. The molecule has 16 aliphatic carbocycles.